The highest BCUT2D eigenvalue weighted by atomic mass is 14.9. The van der Waals surface area contributed by atoms with E-state index in [4.69, 9.17) is 5.73 Å². The van der Waals surface area contributed by atoms with Crippen molar-refractivity contribution in [3.63, 3.8) is 0 Å². The Bertz CT molecular complexity index is 600. The third-order valence-electron chi connectivity index (χ3n) is 4.93. The third kappa shape index (κ3) is 1.14. The van der Waals surface area contributed by atoms with Crippen molar-refractivity contribution in [1.82, 2.24) is 4.57 Å². The van der Waals surface area contributed by atoms with Crippen molar-refractivity contribution in [3.8, 4) is 0 Å². The van der Waals surface area contributed by atoms with Crippen molar-refractivity contribution in [1.29, 1.82) is 0 Å². The largest absolute Gasteiger partial charge is 0.351 e. The molecule has 88 valence electrons. The van der Waals surface area contributed by atoms with Crippen molar-refractivity contribution >= 4 is 10.9 Å². The van der Waals surface area contributed by atoms with Gasteiger partial charge in [0.2, 0.25) is 0 Å². The number of rotatable bonds is 2. The Balaban J connectivity index is 1.89. The molecule has 1 aromatic carbocycles. The zero-order chi connectivity index (χ0) is 11.7. The molecular formula is C15H18N2. The smallest absolute Gasteiger partial charge is 0.0480 e. The van der Waals surface area contributed by atoms with Gasteiger partial charge >= 0.3 is 0 Å². The van der Waals surface area contributed by atoms with Crippen LogP contribution in [-0.4, -0.2) is 10.1 Å². The molecule has 4 rings (SSSR count). The topological polar surface area (TPSA) is 30.9 Å². The summed E-state index contributed by atoms with van der Waals surface area (Å²) in [6.45, 7) is 0. The van der Waals surface area contributed by atoms with Crippen LogP contribution in [0.5, 0.6) is 0 Å². The van der Waals surface area contributed by atoms with Crippen LogP contribution in [0.3, 0.4) is 0 Å². The minimum absolute atomic E-state index is 0.117. The number of nitrogens with zero attached hydrogens (tertiary/aromatic N) is 1. The molecule has 2 aliphatic rings. The van der Waals surface area contributed by atoms with E-state index in [2.05, 4.69) is 42.1 Å². The van der Waals surface area contributed by atoms with E-state index >= 15 is 0 Å². The van der Waals surface area contributed by atoms with Gasteiger partial charge in [-0.15, -0.1) is 0 Å². The average molecular weight is 226 g/mol. The predicted octanol–water partition coefficient (Wildman–Crippen LogP) is 2.70. The first-order chi connectivity index (χ1) is 8.15. The van der Waals surface area contributed by atoms with E-state index in [0.717, 1.165) is 0 Å². The van der Waals surface area contributed by atoms with E-state index in [0.29, 0.717) is 5.41 Å². The van der Waals surface area contributed by atoms with Crippen molar-refractivity contribution in [2.45, 2.75) is 36.6 Å². The molecule has 2 fully saturated rings. The van der Waals surface area contributed by atoms with Gasteiger partial charge in [0.15, 0.2) is 0 Å². The number of fused-ring (bicyclic) bond motifs is 1. The first-order valence-corrected chi connectivity index (χ1v) is 6.49. The molecule has 0 atom stereocenters. The van der Waals surface area contributed by atoms with Gasteiger partial charge in [-0.25, -0.2) is 0 Å². The Kier molecular flexibility index (Phi) is 1.57. The fraction of sp³-hybridized carbons (Fsp3) is 0.467. The summed E-state index contributed by atoms with van der Waals surface area (Å²) in [5.74, 6) is 0. The Morgan fingerprint density at radius 3 is 2.53 bits per heavy atom. The maximum absolute atomic E-state index is 6.47. The summed E-state index contributed by atoms with van der Waals surface area (Å²) >= 11 is 0. The lowest BCUT2D eigenvalue weighted by atomic mass is 9.86. The van der Waals surface area contributed by atoms with Crippen LogP contribution in [-0.2, 0) is 12.5 Å². The van der Waals surface area contributed by atoms with Crippen LogP contribution in [0.2, 0.25) is 0 Å². The molecule has 0 unspecified atom stereocenters. The third-order valence-corrected chi connectivity index (χ3v) is 4.93. The molecule has 0 spiro atoms. The van der Waals surface area contributed by atoms with E-state index in [-0.39, 0.29) is 5.54 Å². The van der Waals surface area contributed by atoms with Gasteiger partial charge in [-0.05, 0) is 48.8 Å². The molecule has 2 N–H and O–H groups in total. The van der Waals surface area contributed by atoms with Crippen molar-refractivity contribution in [2.75, 3.05) is 0 Å². The fourth-order valence-electron chi connectivity index (χ4n) is 3.37. The zero-order valence-electron chi connectivity index (χ0n) is 10.2. The molecule has 2 aliphatic carbocycles. The van der Waals surface area contributed by atoms with Crippen LogP contribution in [0, 0.1) is 0 Å². The normalized spacial score (nSPS) is 23.9. The number of nitrogens with two attached hydrogens (primary N) is 1. The minimum Gasteiger partial charge on any atom is -0.351 e. The van der Waals surface area contributed by atoms with Gasteiger partial charge < -0.3 is 10.3 Å². The number of aromatic nitrogens is 1. The van der Waals surface area contributed by atoms with Gasteiger partial charge in [-0.3, -0.25) is 0 Å². The SMILES string of the molecule is Cn1ccc2ccc(C3(C4(N)CC4)CC3)cc21. The van der Waals surface area contributed by atoms with Crippen molar-refractivity contribution in [3.05, 3.63) is 36.0 Å². The summed E-state index contributed by atoms with van der Waals surface area (Å²) in [4.78, 5) is 0. The summed E-state index contributed by atoms with van der Waals surface area (Å²) in [5.41, 5.74) is 9.69. The number of benzene rings is 1. The van der Waals surface area contributed by atoms with Gasteiger partial charge in [-0.1, -0.05) is 12.1 Å². The maximum Gasteiger partial charge on any atom is 0.0480 e. The lowest BCUT2D eigenvalue weighted by molar-refractivity contribution is 0.503. The Labute approximate surface area is 101 Å². The highest BCUT2D eigenvalue weighted by Gasteiger charge is 2.63. The molecule has 2 aromatic rings. The number of hydrogen-bond acceptors (Lipinski definition) is 1. The lowest BCUT2D eigenvalue weighted by Gasteiger charge is -2.23. The monoisotopic (exact) mass is 226 g/mol. The Hall–Kier alpha value is -1.28. The first-order valence-electron chi connectivity index (χ1n) is 6.49. The second-order valence-corrected chi connectivity index (χ2v) is 5.94. The van der Waals surface area contributed by atoms with Gasteiger partial charge in [0, 0.05) is 29.7 Å². The molecule has 1 aromatic heterocycles. The minimum atomic E-state index is 0.117. The van der Waals surface area contributed by atoms with Crippen LogP contribution >= 0.6 is 0 Å². The van der Waals surface area contributed by atoms with Crippen molar-refractivity contribution in [2.24, 2.45) is 12.8 Å². The molecule has 0 saturated heterocycles. The highest BCUT2D eigenvalue weighted by molar-refractivity contribution is 5.81. The van der Waals surface area contributed by atoms with E-state index in [1.54, 1.807) is 0 Å². The zero-order valence-corrected chi connectivity index (χ0v) is 10.2. The summed E-state index contributed by atoms with van der Waals surface area (Å²) in [6.07, 6.45) is 7.10. The van der Waals surface area contributed by atoms with E-state index in [1.807, 2.05) is 0 Å². The summed E-state index contributed by atoms with van der Waals surface area (Å²) in [6, 6.07) is 9.07. The molecule has 2 saturated carbocycles. The molecular weight excluding hydrogens is 208 g/mol. The van der Waals surface area contributed by atoms with Crippen LogP contribution in [0.25, 0.3) is 10.9 Å². The first kappa shape index (κ1) is 9.72. The van der Waals surface area contributed by atoms with Crippen molar-refractivity contribution < 1.29 is 0 Å². The molecule has 0 bridgehead atoms. The van der Waals surface area contributed by atoms with Crippen LogP contribution in [0.1, 0.15) is 31.2 Å². The second-order valence-electron chi connectivity index (χ2n) is 5.94. The van der Waals surface area contributed by atoms with E-state index < -0.39 is 0 Å². The van der Waals surface area contributed by atoms with Crippen LogP contribution < -0.4 is 5.73 Å². The summed E-state index contributed by atoms with van der Waals surface area (Å²) < 4.78 is 2.20. The summed E-state index contributed by atoms with van der Waals surface area (Å²) in [5, 5.41) is 1.33. The second kappa shape index (κ2) is 2.75. The number of aryl methyl sites for hydroxylation is 1. The standard InChI is InChI=1S/C15H18N2/c1-17-9-4-11-2-3-12(10-13(11)17)14(5-6-14)15(16)7-8-15/h2-4,9-10H,5-8,16H2,1H3. The molecule has 1 heterocycles. The van der Waals surface area contributed by atoms with Crippen LogP contribution in [0.15, 0.2) is 30.5 Å². The lowest BCUT2D eigenvalue weighted by Crippen LogP contribution is -2.37. The highest BCUT2D eigenvalue weighted by Crippen LogP contribution is 2.63. The molecule has 0 amide bonds. The Morgan fingerprint density at radius 1 is 1.12 bits per heavy atom. The average Bonchev–Trinajstić information content (AvgIpc) is 3.22. The maximum atomic E-state index is 6.47. The van der Waals surface area contributed by atoms with Gasteiger partial charge in [0.1, 0.15) is 0 Å². The quantitative estimate of drug-likeness (QED) is 0.838. The molecule has 0 radical (unpaired) electrons. The fourth-order valence-corrected chi connectivity index (χ4v) is 3.37. The van der Waals surface area contributed by atoms with Gasteiger partial charge in [0.25, 0.3) is 0 Å². The van der Waals surface area contributed by atoms with Crippen LogP contribution in [0.4, 0.5) is 0 Å². The molecule has 2 nitrogen and oxygen atoms in total. The van der Waals surface area contributed by atoms with Gasteiger partial charge in [0.05, 0.1) is 0 Å². The van der Waals surface area contributed by atoms with E-state index in [1.165, 1.54) is 42.1 Å². The van der Waals surface area contributed by atoms with E-state index in [9.17, 15) is 0 Å². The predicted molar refractivity (Wildman–Crippen MR) is 70.0 cm³/mol. The molecule has 17 heavy (non-hydrogen) atoms. The number of hydrogen-bond donors (Lipinski definition) is 1. The summed E-state index contributed by atoms with van der Waals surface area (Å²) in [7, 11) is 2.11. The van der Waals surface area contributed by atoms with Gasteiger partial charge in [-0.2, -0.15) is 0 Å². The molecule has 0 aliphatic heterocycles. The molecule has 2 heteroatoms. The Morgan fingerprint density at radius 2 is 1.88 bits per heavy atom.